The average molecular weight is 423 g/mol. The number of fused-ring (bicyclic) bond motifs is 6. The van der Waals surface area contributed by atoms with Crippen LogP contribution in [0.2, 0.25) is 0 Å². The Kier molecular flexibility index (Phi) is 3.80. The van der Waals surface area contributed by atoms with Crippen molar-refractivity contribution in [1.82, 2.24) is 9.13 Å². The lowest BCUT2D eigenvalue weighted by atomic mass is 10.1. The van der Waals surface area contributed by atoms with Crippen molar-refractivity contribution in [3.05, 3.63) is 121 Å². The third-order valence-corrected chi connectivity index (χ3v) is 6.74. The number of nitrogens with zero attached hydrogens (tertiary/aromatic N) is 2. The van der Waals surface area contributed by atoms with Crippen LogP contribution in [-0.4, -0.2) is 9.13 Å². The van der Waals surface area contributed by atoms with E-state index >= 15 is 0 Å². The molecule has 33 heavy (non-hydrogen) atoms. The van der Waals surface area contributed by atoms with Crippen LogP contribution >= 0.6 is 0 Å². The van der Waals surface area contributed by atoms with Crippen LogP contribution in [0.25, 0.3) is 55.0 Å². The van der Waals surface area contributed by atoms with Gasteiger partial charge in [0.1, 0.15) is 0 Å². The fourth-order valence-corrected chi connectivity index (χ4v) is 5.31. The predicted octanol–water partition coefficient (Wildman–Crippen LogP) is 8.19. The maximum atomic E-state index is 2.40. The van der Waals surface area contributed by atoms with Gasteiger partial charge in [0, 0.05) is 32.9 Å². The van der Waals surface area contributed by atoms with Gasteiger partial charge in [-0.3, -0.25) is 0 Å². The summed E-state index contributed by atoms with van der Waals surface area (Å²) in [6.07, 6.45) is 0. The quantitative estimate of drug-likeness (QED) is 0.266. The highest BCUT2D eigenvalue weighted by molar-refractivity contribution is 6.19. The largest absolute Gasteiger partial charge is 0.309 e. The van der Waals surface area contributed by atoms with Gasteiger partial charge in [0.25, 0.3) is 0 Å². The van der Waals surface area contributed by atoms with Gasteiger partial charge in [-0.2, -0.15) is 0 Å². The van der Waals surface area contributed by atoms with Crippen LogP contribution in [0.1, 0.15) is 5.56 Å². The second-order valence-electron chi connectivity index (χ2n) is 8.77. The highest BCUT2D eigenvalue weighted by Crippen LogP contribution is 2.39. The molecule has 0 spiro atoms. The topological polar surface area (TPSA) is 9.86 Å². The Morgan fingerprint density at radius 3 is 1.52 bits per heavy atom. The maximum Gasteiger partial charge on any atom is 0.0548 e. The zero-order valence-corrected chi connectivity index (χ0v) is 18.4. The maximum absolute atomic E-state index is 2.40. The van der Waals surface area contributed by atoms with E-state index in [9.17, 15) is 0 Å². The summed E-state index contributed by atoms with van der Waals surface area (Å²) in [4.78, 5) is 0. The highest BCUT2D eigenvalue weighted by Gasteiger charge is 2.18. The van der Waals surface area contributed by atoms with E-state index in [1.165, 1.54) is 60.5 Å². The second-order valence-corrected chi connectivity index (χ2v) is 8.77. The van der Waals surface area contributed by atoms with Gasteiger partial charge >= 0.3 is 0 Å². The van der Waals surface area contributed by atoms with E-state index in [0.717, 1.165) is 0 Å². The van der Waals surface area contributed by atoms with Gasteiger partial charge in [0.2, 0.25) is 0 Å². The fraction of sp³-hybridized carbons (Fsp3) is 0.0323. The van der Waals surface area contributed by atoms with E-state index in [2.05, 4.69) is 131 Å². The van der Waals surface area contributed by atoms with Crippen molar-refractivity contribution < 1.29 is 0 Å². The summed E-state index contributed by atoms with van der Waals surface area (Å²) in [5, 5.41) is 5.13. The molecule has 2 aromatic heterocycles. The zero-order valence-electron chi connectivity index (χ0n) is 18.4. The molecule has 0 aliphatic carbocycles. The van der Waals surface area contributed by atoms with Crippen molar-refractivity contribution in [1.29, 1.82) is 0 Å². The van der Waals surface area contributed by atoms with Crippen LogP contribution in [0.3, 0.4) is 0 Å². The Balaban J connectivity index is 1.71. The monoisotopic (exact) mass is 422 g/mol. The molecular formula is C31H22N2. The summed E-state index contributed by atoms with van der Waals surface area (Å²) in [7, 11) is 0. The van der Waals surface area contributed by atoms with Crippen LogP contribution in [0, 0.1) is 6.92 Å². The number of aryl methyl sites for hydroxylation is 1. The summed E-state index contributed by atoms with van der Waals surface area (Å²) >= 11 is 0. The van der Waals surface area contributed by atoms with E-state index < -0.39 is 0 Å². The van der Waals surface area contributed by atoms with E-state index in [0.29, 0.717) is 0 Å². The Morgan fingerprint density at radius 1 is 0.394 bits per heavy atom. The molecular weight excluding hydrogens is 400 g/mol. The van der Waals surface area contributed by atoms with Crippen LogP contribution in [0.5, 0.6) is 0 Å². The molecule has 5 aromatic carbocycles. The number of benzene rings is 5. The molecule has 0 atom stereocenters. The summed E-state index contributed by atoms with van der Waals surface area (Å²) in [6.45, 7) is 2.17. The van der Waals surface area contributed by atoms with E-state index in [1.807, 2.05) is 0 Å². The summed E-state index contributed by atoms with van der Waals surface area (Å²) in [5.41, 5.74) is 8.61. The third kappa shape index (κ3) is 2.61. The van der Waals surface area contributed by atoms with E-state index in [-0.39, 0.29) is 0 Å². The highest BCUT2D eigenvalue weighted by atomic mass is 15.0. The van der Waals surface area contributed by atoms with Gasteiger partial charge < -0.3 is 9.13 Å². The van der Waals surface area contributed by atoms with Crippen molar-refractivity contribution in [2.45, 2.75) is 6.92 Å². The normalized spacial score (nSPS) is 11.8. The molecule has 2 nitrogen and oxygen atoms in total. The Bertz CT molecular complexity index is 1800. The summed E-state index contributed by atoms with van der Waals surface area (Å²) in [6, 6.07) is 41.6. The first-order valence-corrected chi connectivity index (χ1v) is 11.4. The average Bonchev–Trinajstić information content (AvgIpc) is 3.35. The molecule has 0 N–H and O–H groups in total. The first-order chi connectivity index (χ1) is 16.3. The Labute approximate surface area is 191 Å². The molecule has 0 fully saturated rings. The van der Waals surface area contributed by atoms with Gasteiger partial charge in [-0.15, -0.1) is 0 Å². The van der Waals surface area contributed by atoms with Gasteiger partial charge in [-0.25, -0.2) is 0 Å². The Hall–Kier alpha value is -4.30. The lowest BCUT2D eigenvalue weighted by Gasteiger charge is -2.09. The minimum absolute atomic E-state index is 1.19. The van der Waals surface area contributed by atoms with Crippen LogP contribution in [0.4, 0.5) is 0 Å². The molecule has 7 aromatic rings. The molecule has 0 aliphatic rings. The fourth-order valence-electron chi connectivity index (χ4n) is 5.31. The van der Waals surface area contributed by atoms with Gasteiger partial charge in [-0.05, 0) is 61.5 Å². The van der Waals surface area contributed by atoms with Crippen LogP contribution in [0.15, 0.2) is 115 Å². The molecule has 0 amide bonds. The number of hydrogen-bond donors (Lipinski definition) is 0. The minimum atomic E-state index is 1.19. The summed E-state index contributed by atoms with van der Waals surface area (Å²) < 4.78 is 4.80. The second kappa shape index (κ2) is 6.85. The van der Waals surface area contributed by atoms with Gasteiger partial charge in [0.15, 0.2) is 0 Å². The van der Waals surface area contributed by atoms with E-state index in [1.54, 1.807) is 0 Å². The molecule has 0 aliphatic heterocycles. The lowest BCUT2D eigenvalue weighted by Crippen LogP contribution is -1.94. The SMILES string of the molecule is Cc1ccc2c(c1)c1cc3c(cc1n2-c1ccccc1)c1ccccc1n3-c1ccccc1. The van der Waals surface area contributed by atoms with Crippen LogP contribution < -0.4 is 0 Å². The van der Waals surface area contributed by atoms with Crippen molar-refractivity contribution in [3.63, 3.8) is 0 Å². The Morgan fingerprint density at radius 2 is 0.879 bits per heavy atom. The molecule has 0 saturated heterocycles. The molecule has 0 radical (unpaired) electrons. The molecule has 2 heteroatoms. The number of rotatable bonds is 2. The lowest BCUT2D eigenvalue weighted by molar-refractivity contribution is 1.17. The molecule has 7 rings (SSSR count). The molecule has 0 saturated carbocycles. The molecule has 0 bridgehead atoms. The third-order valence-electron chi connectivity index (χ3n) is 6.74. The molecule has 0 unspecified atom stereocenters. The van der Waals surface area contributed by atoms with Crippen molar-refractivity contribution in [3.8, 4) is 11.4 Å². The first kappa shape index (κ1) is 18.3. The van der Waals surface area contributed by atoms with Crippen molar-refractivity contribution in [2.24, 2.45) is 0 Å². The summed E-state index contributed by atoms with van der Waals surface area (Å²) in [5.74, 6) is 0. The first-order valence-electron chi connectivity index (χ1n) is 11.4. The molecule has 2 heterocycles. The van der Waals surface area contributed by atoms with Gasteiger partial charge in [0.05, 0.1) is 22.1 Å². The smallest absolute Gasteiger partial charge is 0.0548 e. The van der Waals surface area contributed by atoms with Crippen molar-refractivity contribution in [2.75, 3.05) is 0 Å². The van der Waals surface area contributed by atoms with Gasteiger partial charge in [-0.1, -0.05) is 66.2 Å². The number of aromatic nitrogens is 2. The number of hydrogen-bond acceptors (Lipinski definition) is 0. The standard InChI is InChI=1S/C31H22N2/c1-21-16-17-29-25(18-21)27-20-30-26(19-31(27)33(29)23-12-6-3-7-13-23)24-14-8-9-15-28(24)32(30)22-10-4-2-5-11-22/h2-20H,1H3. The number of para-hydroxylation sites is 3. The minimum Gasteiger partial charge on any atom is -0.309 e. The zero-order chi connectivity index (χ0) is 21.9. The predicted molar refractivity (Wildman–Crippen MR) is 140 cm³/mol. The van der Waals surface area contributed by atoms with Crippen molar-refractivity contribution >= 4 is 43.6 Å². The van der Waals surface area contributed by atoms with Crippen LogP contribution in [-0.2, 0) is 0 Å². The van der Waals surface area contributed by atoms with E-state index in [4.69, 9.17) is 0 Å². The molecule has 156 valence electrons.